The number of hydrogen-bond donors (Lipinski definition) is 1. The lowest BCUT2D eigenvalue weighted by molar-refractivity contribution is -0.130. The fraction of sp³-hybridized carbons (Fsp3) is 0.417. The van der Waals surface area contributed by atoms with Gasteiger partial charge in [0.15, 0.2) is 0 Å². The highest BCUT2D eigenvalue weighted by molar-refractivity contribution is 7.89. The Hall–Kier alpha value is -2.89. The topological polar surface area (TPSA) is 93.5 Å². The van der Waals surface area contributed by atoms with Crippen LogP contribution in [0.15, 0.2) is 41.3 Å². The third kappa shape index (κ3) is 5.67. The summed E-state index contributed by atoms with van der Waals surface area (Å²) in [6.07, 6.45) is 0.958. The van der Waals surface area contributed by atoms with Gasteiger partial charge in [0, 0.05) is 44.8 Å². The minimum absolute atomic E-state index is 0.0493. The van der Waals surface area contributed by atoms with Crippen LogP contribution in [0.5, 0.6) is 0 Å². The summed E-state index contributed by atoms with van der Waals surface area (Å²) in [6.45, 7) is 8.35. The van der Waals surface area contributed by atoms with Crippen molar-refractivity contribution in [2.24, 2.45) is 0 Å². The molecule has 0 saturated carbocycles. The predicted octanol–water partition coefficient (Wildman–Crippen LogP) is 2.89. The molecule has 0 atom stereocenters. The second-order valence-corrected chi connectivity index (χ2v) is 9.96. The molecule has 0 bridgehead atoms. The van der Waals surface area contributed by atoms with Gasteiger partial charge < -0.3 is 9.80 Å². The van der Waals surface area contributed by atoms with Gasteiger partial charge in [0.05, 0.1) is 16.5 Å². The molecule has 1 heterocycles. The second-order valence-electron chi connectivity index (χ2n) is 8.26. The summed E-state index contributed by atoms with van der Waals surface area (Å²) in [5.74, 6) is -0.0493. The monoisotopic (exact) mass is 454 g/mol. The van der Waals surface area contributed by atoms with E-state index < -0.39 is 10.0 Å². The normalized spacial score (nSPS) is 14.7. The third-order valence-corrected chi connectivity index (χ3v) is 7.48. The van der Waals surface area contributed by atoms with E-state index in [9.17, 15) is 13.2 Å². The molecule has 1 fully saturated rings. The highest BCUT2D eigenvalue weighted by atomic mass is 32.2. The van der Waals surface area contributed by atoms with E-state index in [0.29, 0.717) is 41.2 Å². The molecule has 0 aliphatic carbocycles. The first-order chi connectivity index (χ1) is 15.2. The van der Waals surface area contributed by atoms with E-state index in [4.69, 9.17) is 5.26 Å². The van der Waals surface area contributed by atoms with E-state index in [1.54, 1.807) is 30.9 Å². The first-order valence-corrected chi connectivity index (χ1v) is 12.3. The number of sulfonamides is 1. The maximum absolute atomic E-state index is 12.8. The second kappa shape index (κ2) is 10.2. The van der Waals surface area contributed by atoms with Gasteiger partial charge in [0.2, 0.25) is 15.9 Å². The minimum Gasteiger partial charge on any atom is -0.370 e. The highest BCUT2D eigenvalue weighted by Gasteiger charge is 2.22. The van der Waals surface area contributed by atoms with Gasteiger partial charge in [0.1, 0.15) is 0 Å². The molecule has 2 aromatic rings. The number of rotatable bonds is 6. The van der Waals surface area contributed by atoms with Crippen molar-refractivity contribution >= 4 is 21.6 Å². The summed E-state index contributed by atoms with van der Waals surface area (Å²) >= 11 is 0. The molecule has 1 aliphatic heterocycles. The lowest BCUT2D eigenvalue weighted by atomic mass is 10.1. The lowest BCUT2D eigenvalue weighted by Crippen LogP contribution is -2.37. The third-order valence-electron chi connectivity index (χ3n) is 5.71. The van der Waals surface area contributed by atoms with Crippen LogP contribution in [0.25, 0.3) is 0 Å². The Kier molecular flexibility index (Phi) is 7.54. The van der Waals surface area contributed by atoms with Gasteiger partial charge in [0.25, 0.3) is 0 Å². The number of benzene rings is 2. The number of amides is 1. The molecule has 0 unspecified atom stereocenters. The molecular formula is C24H30N4O3S. The smallest absolute Gasteiger partial charge is 0.241 e. The summed E-state index contributed by atoms with van der Waals surface area (Å²) in [6, 6.07) is 13.3. The summed E-state index contributed by atoms with van der Waals surface area (Å²) in [5, 5.41) is 8.95. The molecule has 3 rings (SSSR count). The van der Waals surface area contributed by atoms with Gasteiger partial charge in [-0.25, -0.2) is 13.1 Å². The maximum atomic E-state index is 12.8. The Morgan fingerprint density at radius 3 is 2.31 bits per heavy atom. The average Bonchev–Trinajstić information content (AvgIpc) is 2.99. The van der Waals surface area contributed by atoms with Crippen molar-refractivity contribution in [2.75, 3.05) is 37.6 Å². The number of hydrogen-bond acceptors (Lipinski definition) is 5. The number of carbonyl (C=O) groups excluding carboxylic acids is 1. The van der Waals surface area contributed by atoms with Gasteiger partial charge in [-0.05, 0) is 62.6 Å². The Bertz CT molecular complexity index is 1100. The van der Waals surface area contributed by atoms with E-state index in [1.165, 1.54) is 0 Å². The molecule has 2 aromatic carbocycles. The van der Waals surface area contributed by atoms with Crippen molar-refractivity contribution in [3.8, 4) is 6.07 Å². The Balaban J connectivity index is 1.54. The molecular weight excluding hydrogens is 424 g/mol. The number of nitrogens with one attached hydrogen (secondary N) is 1. The molecule has 8 heteroatoms. The SMILES string of the molecule is Cc1cc(C)c(S(=O)(=O)NCCC(=O)N2CCCN(c3ccc(C#N)cc3)CC2)c(C)c1. The average molecular weight is 455 g/mol. The molecule has 0 spiro atoms. The van der Waals surface area contributed by atoms with Gasteiger partial charge >= 0.3 is 0 Å². The van der Waals surface area contributed by atoms with Crippen molar-refractivity contribution in [3.63, 3.8) is 0 Å². The van der Waals surface area contributed by atoms with Crippen molar-refractivity contribution in [3.05, 3.63) is 58.7 Å². The molecule has 7 nitrogen and oxygen atoms in total. The number of carbonyl (C=O) groups is 1. The van der Waals surface area contributed by atoms with Crippen LogP contribution in [0, 0.1) is 32.1 Å². The molecule has 0 aromatic heterocycles. The molecule has 1 amide bonds. The van der Waals surface area contributed by atoms with Crippen molar-refractivity contribution in [1.82, 2.24) is 9.62 Å². The van der Waals surface area contributed by atoms with E-state index in [1.807, 2.05) is 31.2 Å². The predicted molar refractivity (Wildman–Crippen MR) is 125 cm³/mol. The number of nitrogens with zero attached hydrogens (tertiary/aromatic N) is 3. The summed E-state index contributed by atoms with van der Waals surface area (Å²) in [4.78, 5) is 17.0. The van der Waals surface area contributed by atoms with Crippen molar-refractivity contribution in [1.29, 1.82) is 5.26 Å². The van der Waals surface area contributed by atoms with Gasteiger partial charge in [-0.1, -0.05) is 17.7 Å². The van der Waals surface area contributed by atoms with E-state index >= 15 is 0 Å². The highest BCUT2D eigenvalue weighted by Crippen LogP contribution is 2.22. The summed E-state index contributed by atoms with van der Waals surface area (Å²) < 4.78 is 28.2. The lowest BCUT2D eigenvalue weighted by Gasteiger charge is -2.24. The minimum atomic E-state index is -3.67. The Morgan fingerprint density at radius 1 is 1.03 bits per heavy atom. The van der Waals surface area contributed by atoms with Gasteiger partial charge in [-0.2, -0.15) is 5.26 Å². The Morgan fingerprint density at radius 2 is 1.69 bits per heavy atom. The van der Waals surface area contributed by atoms with Gasteiger partial charge in [-0.3, -0.25) is 4.79 Å². The molecule has 1 saturated heterocycles. The van der Waals surface area contributed by atoms with Crippen LogP contribution in [0.1, 0.15) is 35.1 Å². The van der Waals surface area contributed by atoms with E-state index in [0.717, 1.165) is 24.2 Å². The first-order valence-electron chi connectivity index (χ1n) is 10.8. The largest absolute Gasteiger partial charge is 0.370 e. The van der Waals surface area contributed by atoms with E-state index in [-0.39, 0.29) is 18.9 Å². The molecule has 0 radical (unpaired) electrons. The maximum Gasteiger partial charge on any atom is 0.241 e. The van der Waals surface area contributed by atoms with Crippen LogP contribution in [0.4, 0.5) is 5.69 Å². The quantitative estimate of drug-likeness (QED) is 0.724. The fourth-order valence-corrected chi connectivity index (χ4v) is 5.77. The molecule has 32 heavy (non-hydrogen) atoms. The van der Waals surface area contributed by atoms with Crippen LogP contribution >= 0.6 is 0 Å². The van der Waals surface area contributed by atoms with Crippen molar-refractivity contribution < 1.29 is 13.2 Å². The van der Waals surface area contributed by atoms with Crippen LogP contribution in [-0.2, 0) is 14.8 Å². The standard InChI is InChI=1S/C24H30N4O3S/c1-18-15-19(2)24(20(3)16-18)32(30,31)26-10-9-23(29)28-12-4-11-27(13-14-28)22-7-5-21(17-25)6-8-22/h5-8,15-16,26H,4,9-14H2,1-3H3. The summed E-state index contributed by atoms with van der Waals surface area (Å²) in [7, 11) is -3.67. The van der Waals surface area contributed by atoms with Crippen LogP contribution in [-0.4, -0.2) is 51.9 Å². The van der Waals surface area contributed by atoms with Gasteiger partial charge in [-0.15, -0.1) is 0 Å². The number of anilines is 1. The first kappa shape index (κ1) is 23.8. The number of aryl methyl sites for hydroxylation is 3. The molecule has 1 aliphatic rings. The van der Waals surface area contributed by atoms with Crippen LogP contribution < -0.4 is 9.62 Å². The molecule has 170 valence electrons. The Labute approximate surface area is 190 Å². The summed E-state index contributed by atoms with van der Waals surface area (Å²) in [5.41, 5.74) is 4.09. The zero-order valence-corrected chi connectivity index (χ0v) is 19.7. The van der Waals surface area contributed by atoms with Crippen LogP contribution in [0.2, 0.25) is 0 Å². The fourth-order valence-electron chi connectivity index (χ4n) is 4.29. The van der Waals surface area contributed by atoms with Crippen LogP contribution in [0.3, 0.4) is 0 Å². The van der Waals surface area contributed by atoms with E-state index in [2.05, 4.69) is 15.7 Å². The van der Waals surface area contributed by atoms with Crippen molar-refractivity contribution in [2.45, 2.75) is 38.5 Å². The zero-order valence-electron chi connectivity index (χ0n) is 18.9. The zero-order chi connectivity index (χ0) is 23.3. The molecule has 1 N–H and O–H groups in total. The number of nitriles is 1.